The second-order valence-corrected chi connectivity index (χ2v) is 7.96. The molecule has 3 aliphatic rings. The third-order valence-corrected chi connectivity index (χ3v) is 6.27. The summed E-state index contributed by atoms with van der Waals surface area (Å²) in [4.78, 5) is 9.25. The lowest BCUT2D eigenvalue weighted by atomic mass is 9.77. The SMILES string of the molecule is O[C@@H]1C[C@H]2CN(Cc3nc(-c4ccco4)no3)C[C@H]2C[C@H]1N1CCOCC1. The topological polar surface area (TPSA) is 88.0 Å². The Morgan fingerprint density at radius 1 is 1.15 bits per heavy atom. The summed E-state index contributed by atoms with van der Waals surface area (Å²) in [7, 11) is 0. The molecule has 5 rings (SSSR count). The molecule has 0 amide bonds. The molecule has 4 heterocycles. The average Bonchev–Trinajstić information content (AvgIpc) is 3.42. The molecule has 2 aromatic heterocycles. The predicted octanol–water partition coefficient (Wildman–Crippen LogP) is 1.23. The van der Waals surface area contributed by atoms with E-state index in [4.69, 9.17) is 13.7 Å². The molecule has 0 bridgehead atoms. The number of likely N-dealkylation sites (tertiary alicyclic amines) is 1. The van der Waals surface area contributed by atoms with Crippen molar-refractivity contribution in [2.45, 2.75) is 31.5 Å². The number of fused-ring (bicyclic) bond motifs is 1. The van der Waals surface area contributed by atoms with Gasteiger partial charge in [-0.25, -0.2) is 0 Å². The van der Waals surface area contributed by atoms with E-state index in [-0.39, 0.29) is 12.1 Å². The van der Waals surface area contributed by atoms with Crippen LogP contribution in [0.3, 0.4) is 0 Å². The van der Waals surface area contributed by atoms with Gasteiger partial charge in [0.05, 0.1) is 32.1 Å². The molecule has 1 saturated carbocycles. The summed E-state index contributed by atoms with van der Waals surface area (Å²) in [5, 5.41) is 14.7. The molecule has 0 aromatic carbocycles. The number of hydrogen-bond donors (Lipinski definition) is 1. The van der Waals surface area contributed by atoms with Crippen LogP contribution in [0.15, 0.2) is 27.3 Å². The van der Waals surface area contributed by atoms with Gasteiger partial charge in [-0.2, -0.15) is 4.98 Å². The summed E-state index contributed by atoms with van der Waals surface area (Å²) in [6.07, 6.45) is 3.31. The van der Waals surface area contributed by atoms with Crippen molar-refractivity contribution in [1.82, 2.24) is 19.9 Å². The molecule has 0 radical (unpaired) electrons. The van der Waals surface area contributed by atoms with E-state index in [1.807, 2.05) is 12.1 Å². The van der Waals surface area contributed by atoms with Gasteiger partial charge in [0, 0.05) is 32.2 Å². The van der Waals surface area contributed by atoms with E-state index in [1.54, 1.807) is 6.26 Å². The number of morpholine rings is 1. The highest BCUT2D eigenvalue weighted by Crippen LogP contribution is 2.39. The molecule has 2 aliphatic heterocycles. The Kier molecular flexibility index (Phi) is 4.73. The quantitative estimate of drug-likeness (QED) is 0.855. The second-order valence-electron chi connectivity index (χ2n) is 7.96. The van der Waals surface area contributed by atoms with Gasteiger partial charge in [-0.15, -0.1) is 0 Å². The van der Waals surface area contributed by atoms with E-state index in [1.165, 1.54) is 0 Å². The summed E-state index contributed by atoms with van der Waals surface area (Å²) in [6.45, 7) is 6.07. The van der Waals surface area contributed by atoms with E-state index in [0.29, 0.717) is 35.9 Å². The third kappa shape index (κ3) is 3.54. The molecule has 0 spiro atoms. The van der Waals surface area contributed by atoms with Crippen LogP contribution < -0.4 is 0 Å². The minimum absolute atomic E-state index is 0.238. The van der Waals surface area contributed by atoms with Crippen LogP contribution in [-0.2, 0) is 11.3 Å². The third-order valence-electron chi connectivity index (χ3n) is 6.27. The normalized spacial score (nSPS) is 32.6. The van der Waals surface area contributed by atoms with Crippen molar-refractivity contribution >= 4 is 0 Å². The van der Waals surface area contributed by atoms with Crippen molar-refractivity contribution in [2.75, 3.05) is 39.4 Å². The molecule has 146 valence electrons. The minimum Gasteiger partial charge on any atom is -0.461 e. The van der Waals surface area contributed by atoms with Crippen molar-refractivity contribution in [1.29, 1.82) is 0 Å². The van der Waals surface area contributed by atoms with Crippen LogP contribution in [0.1, 0.15) is 18.7 Å². The Labute approximate surface area is 158 Å². The lowest BCUT2D eigenvalue weighted by Crippen LogP contribution is -2.53. The molecule has 2 saturated heterocycles. The number of rotatable bonds is 4. The molecular weight excluding hydrogens is 348 g/mol. The Bertz CT molecular complexity index is 743. The first-order valence-electron chi connectivity index (χ1n) is 9.85. The van der Waals surface area contributed by atoms with Crippen LogP contribution in [0.2, 0.25) is 0 Å². The summed E-state index contributed by atoms with van der Waals surface area (Å²) in [5.74, 6) is 2.90. The number of nitrogens with zero attached hydrogens (tertiary/aromatic N) is 4. The second kappa shape index (κ2) is 7.35. The van der Waals surface area contributed by atoms with Gasteiger partial charge in [-0.1, -0.05) is 5.16 Å². The monoisotopic (exact) mass is 374 g/mol. The highest BCUT2D eigenvalue weighted by Gasteiger charge is 2.43. The average molecular weight is 374 g/mol. The molecule has 0 unspecified atom stereocenters. The molecule has 3 fully saturated rings. The molecule has 8 heteroatoms. The maximum absolute atomic E-state index is 10.7. The van der Waals surface area contributed by atoms with Crippen molar-refractivity contribution in [3.63, 3.8) is 0 Å². The van der Waals surface area contributed by atoms with Gasteiger partial charge in [0.25, 0.3) is 0 Å². The summed E-state index contributed by atoms with van der Waals surface area (Å²) >= 11 is 0. The molecule has 1 N–H and O–H groups in total. The van der Waals surface area contributed by atoms with Gasteiger partial charge in [0.15, 0.2) is 5.76 Å². The smallest absolute Gasteiger partial charge is 0.241 e. The van der Waals surface area contributed by atoms with Crippen LogP contribution >= 0.6 is 0 Å². The van der Waals surface area contributed by atoms with Crippen LogP contribution in [0.25, 0.3) is 11.6 Å². The zero-order chi connectivity index (χ0) is 18.2. The summed E-state index contributed by atoms with van der Waals surface area (Å²) in [6, 6.07) is 3.91. The predicted molar refractivity (Wildman–Crippen MR) is 95.7 cm³/mol. The molecule has 8 nitrogen and oxygen atoms in total. The number of ether oxygens (including phenoxy) is 1. The van der Waals surface area contributed by atoms with E-state index >= 15 is 0 Å². The molecule has 1 aliphatic carbocycles. The fourth-order valence-corrected chi connectivity index (χ4v) is 4.95. The van der Waals surface area contributed by atoms with Crippen molar-refractivity contribution in [2.24, 2.45) is 11.8 Å². The largest absolute Gasteiger partial charge is 0.461 e. The Hall–Kier alpha value is -1.74. The zero-order valence-electron chi connectivity index (χ0n) is 15.4. The number of aromatic nitrogens is 2. The van der Waals surface area contributed by atoms with Crippen molar-refractivity contribution in [3.05, 3.63) is 24.3 Å². The van der Waals surface area contributed by atoms with Crippen molar-refractivity contribution in [3.8, 4) is 11.6 Å². The molecule has 27 heavy (non-hydrogen) atoms. The fourth-order valence-electron chi connectivity index (χ4n) is 4.95. The lowest BCUT2D eigenvalue weighted by Gasteiger charge is -2.43. The highest BCUT2D eigenvalue weighted by molar-refractivity contribution is 5.44. The number of aliphatic hydroxyl groups excluding tert-OH is 1. The van der Waals surface area contributed by atoms with E-state index in [0.717, 1.165) is 52.2 Å². The first kappa shape index (κ1) is 17.4. The van der Waals surface area contributed by atoms with Gasteiger partial charge < -0.3 is 18.8 Å². The Balaban J connectivity index is 1.21. The van der Waals surface area contributed by atoms with Gasteiger partial charge >= 0.3 is 0 Å². The van der Waals surface area contributed by atoms with Gasteiger partial charge in [0.1, 0.15) is 0 Å². The van der Waals surface area contributed by atoms with E-state index < -0.39 is 0 Å². The van der Waals surface area contributed by atoms with Crippen LogP contribution in [-0.4, -0.2) is 76.6 Å². The maximum Gasteiger partial charge on any atom is 0.241 e. The zero-order valence-corrected chi connectivity index (χ0v) is 15.4. The first-order chi connectivity index (χ1) is 13.3. The van der Waals surface area contributed by atoms with Crippen LogP contribution in [0, 0.1) is 11.8 Å². The maximum atomic E-state index is 10.7. The number of hydrogen-bond acceptors (Lipinski definition) is 8. The van der Waals surface area contributed by atoms with Crippen molar-refractivity contribution < 1.29 is 18.8 Å². The Morgan fingerprint density at radius 2 is 1.96 bits per heavy atom. The lowest BCUT2D eigenvalue weighted by molar-refractivity contribution is -0.0520. The minimum atomic E-state index is -0.238. The summed E-state index contributed by atoms with van der Waals surface area (Å²) in [5.41, 5.74) is 0. The molecular formula is C19H26N4O4. The summed E-state index contributed by atoms with van der Waals surface area (Å²) < 4.78 is 16.2. The number of furan rings is 1. The molecule has 4 atom stereocenters. The standard InChI is InChI=1S/C19H26N4O4/c24-16-9-14-11-22(10-13(14)8-15(16)23-3-6-25-7-4-23)12-18-20-19(21-27-18)17-2-1-5-26-17/h1-2,5,13-16,24H,3-4,6-12H2/t13-,14+,15-,16-/m1/s1. The molecule has 2 aromatic rings. The first-order valence-corrected chi connectivity index (χ1v) is 9.85. The van der Waals surface area contributed by atoms with Crippen LogP contribution in [0.5, 0.6) is 0 Å². The van der Waals surface area contributed by atoms with Gasteiger partial charge in [-0.05, 0) is 36.8 Å². The van der Waals surface area contributed by atoms with E-state index in [9.17, 15) is 5.11 Å². The van der Waals surface area contributed by atoms with Gasteiger partial charge in [0.2, 0.25) is 11.7 Å². The van der Waals surface area contributed by atoms with Crippen LogP contribution in [0.4, 0.5) is 0 Å². The number of aliphatic hydroxyl groups is 1. The van der Waals surface area contributed by atoms with Gasteiger partial charge in [-0.3, -0.25) is 9.80 Å². The Morgan fingerprint density at radius 3 is 2.74 bits per heavy atom. The fraction of sp³-hybridized carbons (Fsp3) is 0.684. The highest BCUT2D eigenvalue weighted by atomic mass is 16.5. The van der Waals surface area contributed by atoms with E-state index in [2.05, 4.69) is 19.9 Å².